The number of carboxylic acid groups (broad SMARTS) is 1. The van der Waals surface area contributed by atoms with Gasteiger partial charge in [0.15, 0.2) is 0 Å². The first-order chi connectivity index (χ1) is 15.0. The highest BCUT2D eigenvalue weighted by molar-refractivity contribution is 7.89. The monoisotopic (exact) mass is 484 g/mol. The average Bonchev–Trinajstić information content (AvgIpc) is 3.14. The Balaban J connectivity index is 1.65. The maximum absolute atomic E-state index is 13.9. The van der Waals surface area contributed by atoms with E-state index in [4.69, 9.17) is 11.6 Å². The molecule has 4 rings (SSSR count). The van der Waals surface area contributed by atoms with Crippen molar-refractivity contribution in [1.82, 2.24) is 4.31 Å². The SMILES string of the molecule is C[C@@H]1CN(c2cc(F)cc(F)c2Cl)C[C@H](C)N1S(=O)(=O)c1cccc2c1CC(C(=O)O)C2. The molecule has 1 heterocycles. The number of hydrogen-bond donors (Lipinski definition) is 1. The average molecular weight is 485 g/mol. The molecule has 0 saturated carbocycles. The highest BCUT2D eigenvalue weighted by Gasteiger charge is 2.41. The third-order valence-electron chi connectivity index (χ3n) is 6.20. The van der Waals surface area contributed by atoms with E-state index < -0.39 is 45.6 Å². The minimum absolute atomic E-state index is 0.126. The molecule has 3 atom stereocenters. The van der Waals surface area contributed by atoms with Crippen LogP contribution in [0.25, 0.3) is 0 Å². The summed E-state index contributed by atoms with van der Waals surface area (Å²) in [6.45, 7) is 3.85. The Hall–Kier alpha value is -2.23. The lowest BCUT2D eigenvalue weighted by atomic mass is 10.1. The predicted octanol–water partition coefficient (Wildman–Crippen LogP) is 3.71. The second-order valence-corrected chi connectivity index (χ2v) is 10.7. The Labute approximate surface area is 190 Å². The molecular weight excluding hydrogens is 462 g/mol. The molecule has 0 amide bonds. The second kappa shape index (κ2) is 8.28. The van der Waals surface area contributed by atoms with Crippen molar-refractivity contribution in [2.45, 2.75) is 43.7 Å². The van der Waals surface area contributed by atoms with Gasteiger partial charge in [-0.1, -0.05) is 23.7 Å². The molecule has 32 heavy (non-hydrogen) atoms. The molecule has 0 bridgehead atoms. The number of fused-ring (bicyclic) bond motifs is 1. The van der Waals surface area contributed by atoms with Crippen LogP contribution < -0.4 is 4.90 Å². The first kappa shape index (κ1) is 22.9. The molecule has 1 fully saturated rings. The van der Waals surface area contributed by atoms with Gasteiger partial charge in [-0.25, -0.2) is 17.2 Å². The molecule has 1 N–H and O–H groups in total. The number of sulfonamides is 1. The smallest absolute Gasteiger partial charge is 0.307 e. The molecule has 10 heteroatoms. The number of benzene rings is 2. The normalized spacial score (nSPS) is 23.9. The lowest BCUT2D eigenvalue weighted by Crippen LogP contribution is -2.58. The summed E-state index contributed by atoms with van der Waals surface area (Å²) in [5.74, 6) is -3.22. The number of nitrogens with zero attached hydrogens (tertiary/aromatic N) is 2. The van der Waals surface area contributed by atoms with Crippen LogP contribution in [0.4, 0.5) is 14.5 Å². The first-order valence-electron chi connectivity index (χ1n) is 10.3. The lowest BCUT2D eigenvalue weighted by Gasteiger charge is -2.44. The Morgan fingerprint density at radius 2 is 1.78 bits per heavy atom. The lowest BCUT2D eigenvalue weighted by molar-refractivity contribution is -0.141. The van der Waals surface area contributed by atoms with Gasteiger partial charge in [-0.3, -0.25) is 4.79 Å². The summed E-state index contributed by atoms with van der Waals surface area (Å²) in [5.41, 5.74) is 1.47. The zero-order valence-electron chi connectivity index (χ0n) is 17.6. The third-order valence-corrected chi connectivity index (χ3v) is 8.79. The quantitative estimate of drug-likeness (QED) is 0.669. The number of piperazine rings is 1. The van der Waals surface area contributed by atoms with E-state index >= 15 is 0 Å². The molecule has 2 aliphatic rings. The van der Waals surface area contributed by atoms with Gasteiger partial charge in [0.2, 0.25) is 10.0 Å². The predicted molar refractivity (Wildman–Crippen MR) is 117 cm³/mol. The molecule has 6 nitrogen and oxygen atoms in total. The molecular formula is C22H23ClF2N2O4S. The Bertz CT molecular complexity index is 1180. The van der Waals surface area contributed by atoms with Crippen LogP contribution in [0.2, 0.25) is 5.02 Å². The van der Waals surface area contributed by atoms with Crippen LogP contribution in [-0.2, 0) is 27.7 Å². The van der Waals surface area contributed by atoms with Gasteiger partial charge in [0.05, 0.1) is 21.5 Å². The summed E-state index contributed by atoms with van der Waals surface area (Å²) in [4.78, 5) is 13.3. The summed E-state index contributed by atoms with van der Waals surface area (Å²) in [6, 6.07) is 5.74. The molecule has 0 spiro atoms. The van der Waals surface area contributed by atoms with E-state index in [2.05, 4.69) is 0 Å². The molecule has 1 saturated heterocycles. The van der Waals surface area contributed by atoms with Crippen molar-refractivity contribution in [2.75, 3.05) is 18.0 Å². The van der Waals surface area contributed by atoms with Gasteiger partial charge >= 0.3 is 5.97 Å². The van der Waals surface area contributed by atoms with Crippen molar-refractivity contribution in [2.24, 2.45) is 5.92 Å². The molecule has 1 unspecified atom stereocenters. The fourth-order valence-electron chi connectivity index (χ4n) is 4.90. The van der Waals surface area contributed by atoms with Crippen LogP contribution in [0.1, 0.15) is 25.0 Å². The van der Waals surface area contributed by atoms with Crippen molar-refractivity contribution in [3.05, 3.63) is 58.1 Å². The summed E-state index contributed by atoms with van der Waals surface area (Å²) in [5, 5.41) is 9.18. The maximum atomic E-state index is 13.9. The molecule has 0 radical (unpaired) electrons. The first-order valence-corrected chi connectivity index (χ1v) is 12.1. The number of halogens is 3. The van der Waals surface area contributed by atoms with E-state index in [1.807, 2.05) is 0 Å². The van der Waals surface area contributed by atoms with Crippen molar-refractivity contribution >= 4 is 33.3 Å². The third kappa shape index (κ3) is 3.86. The van der Waals surface area contributed by atoms with Gasteiger partial charge in [0.1, 0.15) is 11.6 Å². The minimum atomic E-state index is -3.93. The fraction of sp³-hybridized carbons (Fsp3) is 0.409. The van der Waals surface area contributed by atoms with E-state index in [9.17, 15) is 27.1 Å². The second-order valence-electron chi connectivity index (χ2n) is 8.50. The van der Waals surface area contributed by atoms with Crippen molar-refractivity contribution in [1.29, 1.82) is 0 Å². The van der Waals surface area contributed by atoms with Crippen LogP contribution in [0.3, 0.4) is 0 Å². The molecule has 2 aromatic rings. The Kier molecular flexibility index (Phi) is 5.94. The van der Waals surface area contributed by atoms with Gasteiger partial charge in [-0.15, -0.1) is 0 Å². The van der Waals surface area contributed by atoms with Crippen molar-refractivity contribution in [3.8, 4) is 0 Å². The summed E-state index contributed by atoms with van der Waals surface area (Å²) >= 11 is 6.06. The number of anilines is 1. The van der Waals surface area contributed by atoms with Crippen LogP contribution in [-0.4, -0.2) is 49.0 Å². The molecule has 2 aromatic carbocycles. The van der Waals surface area contributed by atoms with Gasteiger partial charge in [-0.2, -0.15) is 4.31 Å². The van der Waals surface area contributed by atoms with Crippen LogP contribution >= 0.6 is 11.6 Å². The number of carbonyl (C=O) groups is 1. The maximum Gasteiger partial charge on any atom is 0.307 e. The summed E-state index contributed by atoms with van der Waals surface area (Å²) in [6.07, 6.45) is 0.470. The summed E-state index contributed by atoms with van der Waals surface area (Å²) in [7, 11) is -3.93. The number of carboxylic acids is 1. The van der Waals surface area contributed by atoms with Gasteiger partial charge in [-0.05, 0) is 49.9 Å². The fourth-order valence-corrected chi connectivity index (χ4v) is 7.21. The van der Waals surface area contributed by atoms with E-state index in [1.165, 1.54) is 10.4 Å². The van der Waals surface area contributed by atoms with Crippen molar-refractivity contribution < 1.29 is 27.1 Å². The standard InChI is InChI=1S/C22H23ClF2N2O4S/c1-12-10-26(19-9-16(24)8-18(25)21(19)23)11-13(2)27(12)32(30,31)20-5-3-4-14-6-15(22(28)29)7-17(14)20/h3-5,8-9,12-13,15H,6-7,10-11H2,1-2H3,(H,28,29)/t12-,13+,15?. The minimum Gasteiger partial charge on any atom is -0.481 e. The molecule has 0 aromatic heterocycles. The highest BCUT2D eigenvalue weighted by atomic mass is 35.5. The topological polar surface area (TPSA) is 77.9 Å². The van der Waals surface area contributed by atoms with Crippen LogP contribution in [0.5, 0.6) is 0 Å². The van der Waals surface area contributed by atoms with Crippen LogP contribution in [0.15, 0.2) is 35.2 Å². The van der Waals surface area contributed by atoms with E-state index in [-0.39, 0.29) is 35.1 Å². The largest absolute Gasteiger partial charge is 0.481 e. The molecule has 172 valence electrons. The number of aliphatic carboxylic acids is 1. The zero-order chi connectivity index (χ0) is 23.4. The van der Waals surface area contributed by atoms with Crippen LogP contribution in [0, 0.1) is 17.6 Å². The Morgan fingerprint density at radius 3 is 2.41 bits per heavy atom. The van der Waals surface area contributed by atoms with E-state index in [1.54, 1.807) is 30.9 Å². The number of hydrogen-bond acceptors (Lipinski definition) is 4. The van der Waals surface area contributed by atoms with Crippen molar-refractivity contribution in [3.63, 3.8) is 0 Å². The van der Waals surface area contributed by atoms with Gasteiger partial charge in [0.25, 0.3) is 0 Å². The van der Waals surface area contributed by atoms with E-state index in [0.717, 1.165) is 11.6 Å². The zero-order valence-corrected chi connectivity index (χ0v) is 19.1. The highest BCUT2D eigenvalue weighted by Crippen LogP contribution is 2.37. The van der Waals surface area contributed by atoms with Gasteiger partial charge < -0.3 is 10.0 Å². The Morgan fingerprint density at radius 1 is 1.12 bits per heavy atom. The molecule has 1 aliphatic carbocycles. The molecule has 1 aliphatic heterocycles. The van der Waals surface area contributed by atoms with E-state index in [0.29, 0.717) is 18.1 Å². The number of rotatable bonds is 4. The van der Waals surface area contributed by atoms with Gasteiger partial charge in [0, 0.05) is 31.2 Å². The summed E-state index contributed by atoms with van der Waals surface area (Å²) < 4.78 is 56.5.